The van der Waals surface area contributed by atoms with Gasteiger partial charge in [0, 0.05) is 25.8 Å². The Morgan fingerprint density at radius 3 is 2.31 bits per heavy atom. The first kappa shape index (κ1) is 14.0. The summed E-state index contributed by atoms with van der Waals surface area (Å²) < 4.78 is 5.22. The lowest BCUT2D eigenvalue weighted by atomic mass is 9.83. The minimum absolute atomic E-state index is 0.329. The topological polar surface area (TPSA) is 21.3 Å². The normalized spacial score (nSPS) is 21.0. The molecule has 0 saturated heterocycles. The average molecular weight is 227 g/mol. The van der Waals surface area contributed by atoms with Crippen molar-refractivity contribution in [3.05, 3.63) is 0 Å². The van der Waals surface area contributed by atoms with Crippen LogP contribution in [0.4, 0.5) is 0 Å². The van der Waals surface area contributed by atoms with Gasteiger partial charge in [0.2, 0.25) is 0 Å². The molecule has 96 valence electrons. The summed E-state index contributed by atoms with van der Waals surface area (Å²) in [6.07, 6.45) is 8.07. The summed E-state index contributed by atoms with van der Waals surface area (Å²) in [5.41, 5.74) is 0.329. The van der Waals surface area contributed by atoms with Crippen LogP contribution in [0.25, 0.3) is 0 Å². The Bertz CT molecular complexity index is 180. The van der Waals surface area contributed by atoms with Crippen LogP contribution in [0.1, 0.15) is 59.3 Å². The van der Waals surface area contributed by atoms with Crippen molar-refractivity contribution < 1.29 is 4.74 Å². The second-order valence-electron chi connectivity index (χ2n) is 6.20. The van der Waals surface area contributed by atoms with E-state index in [0.29, 0.717) is 11.5 Å². The average Bonchev–Trinajstić information content (AvgIpc) is 2.24. The minimum Gasteiger partial charge on any atom is -0.385 e. The third-order valence-electron chi connectivity index (χ3n) is 3.70. The molecule has 0 unspecified atom stereocenters. The van der Waals surface area contributed by atoms with Crippen molar-refractivity contribution in [1.82, 2.24) is 5.32 Å². The van der Waals surface area contributed by atoms with Crippen LogP contribution in [0, 0.1) is 5.41 Å². The van der Waals surface area contributed by atoms with Crippen LogP contribution < -0.4 is 5.32 Å². The highest BCUT2D eigenvalue weighted by molar-refractivity contribution is 4.85. The van der Waals surface area contributed by atoms with Gasteiger partial charge in [0.1, 0.15) is 0 Å². The largest absolute Gasteiger partial charge is 0.385 e. The molecule has 2 nitrogen and oxygen atoms in total. The molecule has 0 spiro atoms. The Morgan fingerprint density at radius 2 is 1.81 bits per heavy atom. The molecule has 0 radical (unpaired) electrons. The Hall–Kier alpha value is -0.0800. The van der Waals surface area contributed by atoms with Crippen molar-refractivity contribution in [1.29, 1.82) is 0 Å². The zero-order valence-electron chi connectivity index (χ0n) is 11.5. The number of hydrogen-bond acceptors (Lipinski definition) is 2. The Kier molecular flexibility index (Phi) is 5.77. The van der Waals surface area contributed by atoms with Crippen molar-refractivity contribution in [2.24, 2.45) is 5.41 Å². The van der Waals surface area contributed by atoms with E-state index in [1.54, 1.807) is 7.11 Å². The van der Waals surface area contributed by atoms with Gasteiger partial charge in [-0.05, 0) is 24.7 Å². The molecule has 1 saturated carbocycles. The molecule has 0 aromatic rings. The van der Waals surface area contributed by atoms with E-state index >= 15 is 0 Å². The molecule has 1 fully saturated rings. The SMILES string of the molecule is COCC[C@H](NC1CCCCC1)C(C)(C)C. The smallest absolute Gasteiger partial charge is 0.0477 e. The van der Waals surface area contributed by atoms with Crippen LogP contribution in [0.3, 0.4) is 0 Å². The molecule has 1 rings (SSSR count). The number of hydrogen-bond donors (Lipinski definition) is 1. The first-order valence-electron chi connectivity index (χ1n) is 6.79. The zero-order valence-corrected chi connectivity index (χ0v) is 11.5. The second-order valence-corrected chi connectivity index (χ2v) is 6.20. The fourth-order valence-electron chi connectivity index (χ4n) is 2.56. The van der Waals surface area contributed by atoms with Gasteiger partial charge in [0.05, 0.1) is 0 Å². The Morgan fingerprint density at radius 1 is 1.19 bits per heavy atom. The highest BCUT2D eigenvalue weighted by Gasteiger charge is 2.27. The standard InChI is InChI=1S/C14H29NO/c1-14(2,3)13(10-11-16-4)15-12-8-6-5-7-9-12/h12-13,15H,5-11H2,1-4H3/t13-/m0/s1. The van der Waals surface area contributed by atoms with Crippen LogP contribution in [-0.4, -0.2) is 25.8 Å². The molecular weight excluding hydrogens is 198 g/mol. The van der Waals surface area contributed by atoms with E-state index in [1.165, 1.54) is 32.1 Å². The summed E-state index contributed by atoms with van der Waals surface area (Å²) in [7, 11) is 1.79. The number of rotatable bonds is 5. The van der Waals surface area contributed by atoms with E-state index in [1.807, 2.05) is 0 Å². The molecule has 2 heteroatoms. The number of nitrogens with one attached hydrogen (secondary N) is 1. The van der Waals surface area contributed by atoms with Gasteiger partial charge in [-0.1, -0.05) is 40.0 Å². The molecular formula is C14H29NO. The summed E-state index contributed by atoms with van der Waals surface area (Å²) in [5.74, 6) is 0. The maximum absolute atomic E-state index is 5.22. The first-order valence-corrected chi connectivity index (χ1v) is 6.79. The lowest BCUT2D eigenvalue weighted by Crippen LogP contribution is -2.47. The molecule has 0 aromatic heterocycles. The van der Waals surface area contributed by atoms with E-state index < -0.39 is 0 Å². The third-order valence-corrected chi connectivity index (χ3v) is 3.70. The van der Waals surface area contributed by atoms with Crippen molar-refractivity contribution in [3.63, 3.8) is 0 Å². The Labute approximate surface area is 101 Å². The second kappa shape index (κ2) is 6.61. The molecule has 0 aromatic carbocycles. The van der Waals surface area contributed by atoms with Gasteiger partial charge in [0.25, 0.3) is 0 Å². The predicted octanol–water partition coefficient (Wildman–Crippen LogP) is 3.36. The zero-order chi connectivity index (χ0) is 12.0. The minimum atomic E-state index is 0.329. The number of ether oxygens (including phenoxy) is 1. The molecule has 1 atom stereocenters. The monoisotopic (exact) mass is 227 g/mol. The quantitative estimate of drug-likeness (QED) is 0.777. The van der Waals surface area contributed by atoms with E-state index in [4.69, 9.17) is 4.74 Å². The molecule has 0 aliphatic heterocycles. The van der Waals surface area contributed by atoms with E-state index in [9.17, 15) is 0 Å². The molecule has 1 N–H and O–H groups in total. The van der Waals surface area contributed by atoms with E-state index in [-0.39, 0.29) is 0 Å². The van der Waals surface area contributed by atoms with Gasteiger partial charge in [-0.25, -0.2) is 0 Å². The van der Waals surface area contributed by atoms with Crippen LogP contribution in [0.15, 0.2) is 0 Å². The highest BCUT2D eigenvalue weighted by atomic mass is 16.5. The van der Waals surface area contributed by atoms with Gasteiger partial charge in [-0.3, -0.25) is 0 Å². The first-order chi connectivity index (χ1) is 7.54. The van der Waals surface area contributed by atoms with Crippen molar-refractivity contribution in [2.75, 3.05) is 13.7 Å². The van der Waals surface area contributed by atoms with E-state index in [2.05, 4.69) is 26.1 Å². The van der Waals surface area contributed by atoms with Crippen LogP contribution in [0.2, 0.25) is 0 Å². The van der Waals surface area contributed by atoms with Crippen molar-refractivity contribution >= 4 is 0 Å². The van der Waals surface area contributed by atoms with Gasteiger partial charge >= 0.3 is 0 Å². The van der Waals surface area contributed by atoms with E-state index in [0.717, 1.165) is 19.1 Å². The fourth-order valence-corrected chi connectivity index (χ4v) is 2.56. The molecule has 1 aliphatic rings. The van der Waals surface area contributed by atoms with Gasteiger partial charge < -0.3 is 10.1 Å². The van der Waals surface area contributed by atoms with Gasteiger partial charge in [-0.15, -0.1) is 0 Å². The molecule has 1 aliphatic carbocycles. The lowest BCUT2D eigenvalue weighted by molar-refractivity contribution is 0.141. The summed E-state index contributed by atoms with van der Waals surface area (Å²) in [6.45, 7) is 7.83. The molecule has 16 heavy (non-hydrogen) atoms. The maximum Gasteiger partial charge on any atom is 0.0477 e. The molecule has 0 amide bonds. The molecule has 0 heterocycles. The lowest BCUT2D eigenvalue weighted by Gasteiger charge is -2.36. The summed E-state index contributed by atoms with van der Waals surface area (Å²) in [4.78, 5) is 0. The summed E-state index contributed by atoms with van der Waals surface area (Å²) in [5, 5.41) is 3.85. The predicted molar refractivity (Wildman–Crippen MR) is 69.7 cm³/mol. The summed E-state index contributed by atoms with van der Waals surface area (Å²) >= 11 is 0. The van der Waals surface area contributed by atoms with Crippen LogP contribution >= 0.6 is 0 Å². The van der Waals surface area contributed by atoms with Gasteiger partial charge in [-0.2, -0.15) is 0 Å². The number of methoxy groups -OCH3 is 1. The highest BCUT2D eigenvalue weighted by Crippen LogP contribution is 2.25. The fraction of sp³-hybridized carbons (Fsp3) is 1.00. The van der Waals surface area contributed by atoms with Crippen LogP contribution in [0.5, 0.6) is 0 Å². The summed E-state index contributed by atoms with van der Waals surface area (Å²) in [6, 6.07) is 1.32. The van der Waals surface area contributed by atoms with Crippen LogP contribution in [-0.2, 0) is 4.74 Å². The van der Waals surface area contributed by atoms with Crippen molar-refractivity contribution in [3.8, 4) is 0 Å². The maximum atomic E-state index is 5.22. The Balaban J connectivity index is 2.41. The van der Waals surface area contributed by atoms with Crippen molar-refractivity contribution in [2.45, 2.75) is 71.4 Å². The third kappa shape index (κ3) is 4.84. The van der Waals surface area contributed by atoms with Gasteiger partial charge in [0.15, 0.2) is 0 Å². The molecule has 0 bridgehead atoms.